The minimum atomic E-state index is -0.189. The molecule has 2 aromatic carbocycles. The number of piperidine rings is 1. The zero-order valence-corrected chi connectivity index (χ0v) is 17.2. The fraction of sp³-hybridized carbons (Fsp3) is 0.292. The summed E-state index contributed by atoms with van der Waals surface area (Å²) in [6.07, 6.45) is 1.96. The highest BCUT2D eigenvalue weighted by Crippen LogP contribution is 2.37. The number of amides is 1. The van der Waals surface area contributed by atoms with E-state index in [1.165, 1.54) is 6.92 Å². The lowest BCUT2D eigenvalue weighted by Gasteiger charge is -2.31. The van der Waals surface area contributed by atoms with Crippen molar-refractivity contribution < 1.29 is 9.59 Å². The highest BCUT2D eigenvalue weighted by atomic mass is 16.2. The molecule has 1 amide bonds. The van der Waals surface area contributed by atoms with Gasteiger partial charge in [-0.2, -0.15) is 5.26 Å². The predicted molar refractivity (Wildman–Crippen MR) is 117 cm³/mol. The van der Waals surface area contributed by atoms with Crippen molar-refractivity contribution in [2.24, 2.45) is 0 Å². The van der Waals surface area contributed by atoms with Gasteiger partial charge in [-0.3, -0.25) is 9.59 Å². The maximum atomic E-state index is 13.0. The van der Waals surface area contributed by atoms with Crippen LogP contribution in [0.25, 0.3) is 11.3 Å². The lowest BCUT2D eigenvalue weighted by atomic mass is 9.96. The van der Waals surface area contributed by atoms with E-state index in [0.29, 0.717) is 22.4 Å². The molecule has 30 heavy (non-hydrogen) atoms. The molecule has 1 saturated heterocycles. The van der Waals surface area contributed by atoms with Crippen molar-refractivity contribution in [1.29, 1.82) is 5.26 Å². The average molecular weight is 400 g/mol. The lowest BCUT2D eigenvalue weighted by Crippen LogP contribution is -2.40. The number of carbonyl (C=O) groups is 2. The number of hydrogen-bond acceptors (Lipinski definition) is 5. The average Bonchev–Trinajstić information content (AvgIpc) is 3.08. The van der Waals surface area contributed by atoms with E-state index in [9.17, 15) is 9.59 Å². The molecule has 0 saturated carbocycles. The summed E-state index contributed by atoms with van der Waals surface area (Å²) >= 11 is 0. The van der Waals surface area contributed by atoms with Gasteiger partial charge in [0.1, 0.15) is 0 Å². The standard InChI is InChI=1S/C24H24N4O2/c1-15(29)18-7-8-21-20(13-18)22(24(30)27-21)23(17-5-3-16(14-25)4-6-17)26-19-9-11-28(2)12-10-19/h3-8,13,19,26H,9-12H2,1-2H3,(H,27,30). The molecule has 0 unspecified atom stereocenters. The Morgan fingerprint density at radius 2 is 1.80 bits per heavy atom. The molecule has 1 fully saturated rings. The first-order valence-corrected chi connectivity index (χ1v) is 10.1. The molecule has 2 aliphatic rings. The van der Waals surface area contributed by atoms with E-state index < -0.39 is 0 Å². The SMILES string of the molecule is CC(=O)c1ccc2c(c1)C(=C(NC1CCN(C)CC1)c1ccc(C#N)cc1)C(=O)N2. The first-order chi connectivity index (χ1) is 14.5. The van der Waals surface area contributed by atoms with Gasteiger partial charge in [-0.15, -0.1) is 0 Å². The number of nitrogens with one attached hydrogen (secondary N) is 2. The van der Waals surface area contributed by atoms with Crippen LogP contribution in [0.3, 0.4) is 0 Å². The Labute approximate surface area is 176 Å². The third-order valence-electron chi connectivity index (χ3n) is 5.79. The van der Waals surface area contributed by atoms with Gasteiger partial charge in [0.25, 0.3) is 5.91 Å². The summed E-state index contributed by atoms with van der Waals surface area (Å²) in [5, 5.41) is 15.7. The molecule has 6 nitrogen and oxygen atoms in total. The largest absolute Gasteiger partial charge is 0.381 e. The maximum absolute atomic E-state index is 13.0. The molecule has 0 atom stereocenters. The molecule has 0 spiro atoms. The van der Waals surface area contributed by atoms with Crippen molar-refractivity contribution in [3.8, 4) is 6.07 Å². The van der Waals surface area contributed by atoms with Crippen LogP contribution in [0, 0.1) is 11.3 Å². The van der Waals surface area contributed by atoms with Gasteiger partial charge in [0.05, 0.1) is 22.9 Å². The molecule has 2 heterocycles. The number of nitriles is 1. The molecule has 2 aromatic rings. The molecule has 0 bridgehead atoms. The monoisotopic (exact) mass is 400 g/mol. The van der Waals surface area contributed by atoms with Crippen LogP contribution in [0.4, 0.5) is 5.69 Å². The summed E-state index contributed by atoms with van der Waals surface area (Å²) in [6, 6.07) is 14.9. The molecular formula is C24H24N4O2. The summed E-state index contributed by atoms with van der Waals surface area (Å²) in [5.41, 5.74) is 4.70. The van der Waals surface area contributed by atoms with E-state index in [2.05, 4.69) is 28.7 Å². The summed E-state index contributed by atoms with van der Waals surface area (Å²) in [5.74, 6) is -0.231. The summed E-state index contributed by atoms with van der Waals surface area (Å²) < 4.78 is 0. The van der Waals surface area contributed by atoms with Crippen LogP contribution in [0.15, 0.2) is 42.5 Å². The number of nitrogens with zero attached hydrogens (tertiary/aromatic N) is 2. The van der Waals surface area contributed by atoms with Crippen LogP contribution in [0.5, 0.6) is 0 Å². The normalized spacial score (nSPS) is 18.4. The minimum Gasteiger partial charge on any atom is -0.381 e. The highest BCUT2D eigenvalue weighted by Gasteiger charge is 2.30. The molecule has 0 aliphatic carbocycles. The number of ketones is 1. The van der Waals surface area contributed by atoms with E-state index in [4.69, 9.17) is 5.26 Å². The van der Waals surface area contributed by atoms with Crippen LogP contribution >= 0.6 is 0 Å². The Bertz CT molecular complexity index is 1070. The second-order valence-corrected chi connectivity index (χ2v) is 7.93. The van der Waals surface area contributed by atoms with Gasteiger partial charge in [0.15, 0.2) is 5.78 Å². The van der Waals surface area contributed by atoms with E-state index in [-0.39, 0.29) is 17.7 Å². The predicted octanol–water partition coefficient (Wildman–Crippen LogP) is 3.27. The lowest BCUT2D eigenvalue weighted by molar-refractivity contribution is -0.110. The molecule has 2 N–H and O–H groups in total. The van der Waals surface area contributed by atoms with Gasteiger partial charge in [-0.1, -0.05) is 12.1 Å². The number of Topliss-reactive ketones (excluding diaryl/α,β-unsaturated/α-hetero) is 1. The fourth-order valence-corrected chi connectivity index (χ4v) is 4.00. The smallest absolute Gasteiger partial charge is 0.258 e. The number of fused-ring (bicyclic) bond motifs is 1. The summed E-state index contributed by atoms with van der Waals surface area (Å²) in [4.78, 5) is 27.2. The maximum Gasteiger partial charge on any atom is 0.258 e. The van der Waals surface area contributed by atoms with Gasteiger partial charge in [-0.25, -0.2) is 0 Å². The Morgan fingerprint density at radius 1 is 1.13 bits per heavy atom. The molecule has 6 heteroatoms. The third-order valence-corrected chi connectivity index (χ3v) is 5.79. The van der Waals surface area contributed by atoms with Crippen molar-refractivity contribution in [1.82, 2.24) is 10.2 Å². The van der Waals surface area contributed by atoms with Crippen LogP contribution < -0.4 is 10.6 Å². The minimum absolute atomic E-state index is 0.0419. The first-order valence-electron chi connectivity index (χ1n) is 10.1. The highest BCUT2D eigenvalue weighted by molar-refractivity contribution is 6.36. The fourth-order valence-electron chi connectivity index (χ4n) is 4.00. The van der Waals surface area contributed by atoms with Gasteiger partial charge in [0.2, 0.25) is 0 Å². The molecule has 0 aromatic heterocycles. The summed E-state index contributed by atoms with van der Waals surface area (Å²) in [6.45, 7) is 3.50. The number of likely N-dealkylation sites (tertiary alicyclic amines) is 1. The molecule has 152 valence electrons. The van der Waals surface area contributed by atoms with Crippen LogP contribution in [0.1, 0.15) is 46.8 Å². The first kappa shape index (κ1) is 19.9. The number of rotatable bonds is 4. The van der Waals surface area contributed by atoms with Crippen molar-refractivity contribution in [3.63, 3.8) is 0 Å². The number of benzene rings is 2. The Morgan fingerprint density at radius 3 is 2.43 bits per heavy atom. The molecule has 0 radical (unpaired) electrons. The van der Waals surface area contributed by atoms with Crippen molar-refractivity contribution in [3.05, 3.63) is 64.7 Å². The quantitative estimate of drug-likeness (QED) is 0.608. The van der Waals surface area contributed by atoms with Crippen molar-refractivity contribution in [2.75, 3.05) is 25.5 Å². The van der Waals surface area contributed by atoms with Crippen molar-refractivity contribution in [2.45, 2.75) is 25.8 Å². The third kappa shape index (κ3) is 3.85. The van der Waals surface area contributed by atoms with E-state index in [1.54, 1.807) is 30.3 Å². The molecule has 2 aliphatic heterocycles. The molecule has 4 rings (SSSR count). The Kier molecular flexibility index (Phi) is 5.39. The van der Waals surface area contributed by atoms with Crippen molar-refractivity contribution >= 4 is 28.6 Å². The topological polar surface area (TPSA) is 85.2 Å². The zero-order chi connectivity index (χ0) is 21.3. The number of carbonyl (C=O) groups excluding carboxylic acids is 2. The van der Waals surface area contributed by atoms with E-state index in [0.717, 1.165) is 42.8 Å². The van der Waals surface area contributed by atoms with Crippen LogP contribution in [-0.4, -0.2) is 42.8 Å². The van der Waals surface area contributed by atoms with Gasteiger partial charge in [0, 0.05) is 22.9 Å². The second kappa shape index (κ2) is 8.13. The second-order valence-electron chi connectivity index (χ2n) is 7.93. The number of anilines is 1. The summed E-state index contributed by atoms with van der Waals surface area (Å²) in [7, 11) is 2.11. The Hall–Kier alpha value is -3.43. The Balaban J connectivity index is 1.83. The number of hydrogen-bond donors (Lipinski definition) is 2. The van der Waals surface area contributed by atoms with E-state index >= 15 is 0 Å². The van der Waals surface area contributed by atoms with E-state index in [1.807, 2.05) is 12.1 Å². The van der Waals surface area contributed by atoms with Crippen LogP contribution in [-0.2, 0) is 4.79 Å². The van der Waals surface area contributed by atoms with Crippen LogP contribution in [0.2, 0.25) is 0 Å². The van der Waals surface area contributed by atoms with Gasteiger partial charge in [-0.05, 0) is 75.8 Å². The zero-order valence-electron chi connectivity index (χ0n) is 17.2. The van der Waals surface area contributed by atoms with Gasteiger partial charge >= 0.3 is 0 Å². The van der Waals surface area contributed by atoms with Gasteiger partial charge < -0.3 is 15.5 Å². The molecular weight excluding hydrogens is 376 g/mol.